The number of nitrogen functional groups attached to an aromatic ring is 2. The van der Waals surface area contributed by atoms with Crippen LogP contribution in [0.3, 0.4) is 0 Å². The van der Waals surface area contributed by atoms with Crippen LogP contribution in [0.1, 0.15) is 18.3 Å². The number of carbonyl (C=O) groups excluding carboxylic acids is 1. The number of methoxy groups -OCH3 is 1. The molecule has 1 amide bonds. The Labute approximate surface area is 154 Å². The molecule has 0 aliphatic carbocycles. The molecule has 134 valence electrons. The van der Waals surface area contributed by atoms with Gasteiger partial charge >= 0.3 is 0 Å². The number of hydrogen-bond acceptors (Lipinski definition) is 8. The topological polar surface area (TPSA) is 129 Å². The maximum Gasteiger partial charge on any atom is 0.237 e. The Kier molecular flexibility index (Phi) is 6.27. The summed E-state index contributed by atoms with van der Waals surface area (Å²) in [5, 5.41) is 3.05. The molecule has 2 aromatic rings. The van der Waals surface area contributed by atoms with Crippen molar-refractivity contribution >= 4 is 46.9 Å². The Morgan fingerprint density at radius 2 is 1.96 bits per heavy atom. The Bertz CT molecular complexity index is 769. The molecule has 0 fully saturated rings. The lowest BCUT2D eigenvalue weighted by Crippen LogP contribution is -2.23. The van der Waals surface area contributed by atoms with E-state index in [4.69, 9.17) is 27.8 Å². The molecular formula is C15H19ClN6O2S. The summed E-state index contributed by atoms with van der Waals surface area (Å²) >= 11 is 7.42. The number of benzene rings is 1. The summed E-state index contributed by atoms with van der Waals surface area (Å²) < 4.78 is 5.26. The van der Waals surface area contributed by atoms with E-state index in [-0.39, 0.29) is 23.1 Å². The molecule has 0 saturated heterocycles. The van der Waals surface area contributed by atoms with Crippen molar-refractivity contribution in [2.24, 2.45) is 0 Å². The fraction of sp³-hybridized carbons (Fsp3) is 0.333. The third kappa shape index (κ3) is 5.10. The van der Waals surface area contributed by atoms with Gasteiger partial charge in [0.25, 0.3) is 0 Å². The molecule has 0 aliphatic rings. The fourth-order valence-electron chi connectivity index (χ4n) is 1.96. The van der Waals surface area contributed by atoms with Gasteiger partial charge in [-0.15, -0.1) is 11.8 Å². The third-order valence-electron chi connectivity index (χ3n) is 3.29. The number of ether oxygens (including phenoxy) is 1. The summed E-state index contributed by atoms with van der Waals surface area (Å²) in [6, 6.07) is 3.44. The molecule has 0 aliphatic heterocycles. The number of aryl methyl sites for hydroxylation is 1. The molecule has 0 bridgehead atoms. The number of anilines is 3. The number of halogens is 1. The number of amides is 1. The number of aromatic nitrogens is 3. The van der Waals surface area contributed by atoms with E-state index in [0.717, 1.165) is 5.56 Å². The normalized spacial score (nSPS) is 11.8. The van der Waals surface area contributed by atoms with Gasteiger partial charge in [0.05, 0.1) is 23.8 Å². The smallest absolute Gasteiger partial charge is 0.237 e. The Hall–Kier alpha value is -2.26. The zero-order valence-electron chi connectivity index (χ0n) is 14.0. The van der Waals surface area contributed by atoms with E-state index < -0.39 is 0 Å². The van der Waals surface area contributed by atoms with Crippen LogP contribution in [0.25, 0.3) is 0 Å². The predicted octanol–water partition coefficient (Wildman–Crippen LogP) is 2.27. The van der Waals surface area contributed by atoms with Crippen molar-refractivity contribution < 1.29 is 9.53 Å². The standard InChI is InChI=1S/C15H19ClN6O2S/c1-7-4-10(11(24-3)5-9(7)16)19-13(23)8(2)25-6-12-20-14(17)22-15(18)21-12/h4-5,8H,6H2,1-3H3,(H,19,23)(H4,17,18,20,21,22). The van der Waals surface area contributed by atoms with Crippen LogP contribution in [0.15, 0.2) is 12.1 Å². The number of nitrogens with one attached hydrogen (secondary N) is 1. The van der Waals surface area contributed by atoms with Crippen LogP contribution in [0, 0.1) is 6.92 Å². The average Bonchev–Trinajstić information content (AvgIpc) is 2.54. The monoisotopic (exact) mass is 382 g/mol. The number of nitrogens with zero attached hydrogens (tertiary/aromatic N) is 3. The van der Waals surface area contributed by atoms with E-state index in [2.05, 4.69) is 20.3 Å². The summed E-state index contributed by atoms with van der Waals surface area (Å²) in [6.45, 7) is 3.63. The summed E-state index contributed by atoms with van der Waals surface area (Å²) in [5.74, 6) is 1.24. The van der Waals surface area contributed by atoms with Gasteiger partial charge in [-0.2, -0.15) is 15.0 Å². The van der Waals surface area contributed by atoms with Crippen molar-refractivity contribution in [3.05, 3.63) is 28.5 Å². The fourth-order valence-corrected chi connectivity index (χ4v) is 2.85. The van der Waals surface area contributed by atoms with Gasteiger partial charge in [0, 0.05) is 11.1 Å². The van der Waals surface area contributed by atoms with Gasteiger partial charge in [-0.05, 0) is 25.5 Å². The van der Waals surface area contributed by atoms with Gasteiger partial charge in [0.15, 0.2) is 0 Å². The molecule has 1 heterocycles. The van der Waals surface area contributed by atoms with Crippen molar-refractivity contribution in [2.75, 3.05) is 23.9 Å². The lowest BCUT2D eigenvalue weighted by atomic mass is 10.2. The summed E-state index contributed by atoms with van der Waals surface area (Å²) in [5.41, 5.74) is 12.5. The lowest BCUT2D eigenvalue weighted by Gasteiger charge is -2.15. The molecule has 10 heteroatoms. The molecule has 0 radical (unpaired) electrons. The van der Waals surface area contributed by atoms with E-state index in [0.29, 0.717) is 28.0 Å². The SMILES string of the molecule is COc1cc(Cl)c(C)cc1NC(=O)C(C)SCc1nc(N)nc(N)n1. The zero-order valence-corrected chi connectivity index (χ0v) is 15.6. The Morgan fingerprint density at radius 1 is 1.32 bits per heavy atom. The molecule has 25 heavy (non-hydrogen) atoms. The highest BCUT2D eigenvalue weighted by molar-refractivity contribution is 7.99. The largest absolute Gasteiger partial charge is 0.495 e. The second kappa shape index (κ2) is 8.21. The first-order valence-corrected chi connectivity index (χ1v) is 8.75. The van der Waals surface area contributed by atoms with Crippen molar-refractivity contribution in [2.45, 2.75) is 24.9 Å². The maximum atomic E-state index is 12.4. The second-order valence-corrected chi connectivity index (χ2v) is 6.95. The van der Waals surface area contributed by atoms with E-state index in [1.54, 1.807) is 19.1 Å². The van der Waals surface area contributed by atoms with E-state index in [1.165, 1.54) is 18.9 Å². The second-order valence-electron chi connectivity index (χ2n) is 5.21. The van der Waals surface area contributed by atoms with Crippen LogP contribution in [-0.4, -0.2) is 33.2 Å². The first-order valence-electron chi connectivity index (χ1n) is 7.32. The lowest BCUT2D eigenvalue weighted by molar-refractivity contribution is -0.115. The average molecular weight is 383 g/mol. The van der Waals surface area contributed by atoms with Gasteiger partial charge in [-0.25, -0.2) is 0 Å². The molecule has 8 nitrogen and oxygen atoms in total. The zero-order chi connectivity index (χ0) is 18.6. The van der Waals surface area contributed by atoms with Gasteiger partial charge in [-0.3, -0.25) is 4.79 Å². The number of thioether (sulfide) groups is 1. The number of rotatable bonds is 6. The molecular weight excluding hydrogens is 364 g/mol. The minimum absolute atomic E-state index is 0.0570. The molecule has 5 N–H and O–H groups in total. The molecule has 1 unspecified atom stereocenters. The van der Waals surface area contributed by atoms with Crippen molar-refractivity contribution in [3.63, 3.8) is 0 Å². The van der Waals surface area contributed by atoms with Crippen LogP contribution in [0.4, 0.5) is 17.6 Å². The maximum absolute atomic E-state index is 12.4. The van der Waals surface area contributed by atoms with Crippen LogP contribution < -0.4 is 21.5 Å². The van der Waals surface area contributed by atoms with Crippen LogP contribution in [0.2, 0.25) is 5.02 Å². The Balaban J connectivity index is 2.02. The van der Waals surface area contributed by atoms with Crippen LogP contribution >= 0.6 is 23.4 Å². The minimum Gasteiger partial charge on any atom is -0.495 e. The number of nitrogens with two attached hydrogens (primary N) is 2. The van der Waals surface area contributed by atoms with Gasteiger partial charge < -0.3 is 21.5 Å². The van der Waals surface area contributed by atoms with Crippen LogP contribution in [0.5, 0.6) is 5.75 Å². The number of carbonyl (C=O) groups is 1. The highest BCUT2D eigenvalue weighted by Crippen LogP contribution is 2.31. The number of hydrogen-bond donors (Lipinski definition) is 3. The molecule has 1 atom stereocenters. The highest BCUT2D eigenvalue weighted by atomic mass is 35.5. The van der Waals surface area contributed by atoms with Crippen LogP contribution in [-0.2, 0) is 10.5 Å². The van der Waals surface area contributed by atoms with Gasteiger partial charge in [0.2, 0.25) is 17.8 Å². The first-order chi connectivity index (χ1) is 11.8. The first kappa shape index (κ1) is 19.1. The van der Waals surface area contributed by atoms with E-state index >= 15 is 0 Å². The summed E-state index contributed by atoms with van der Waals surface area (Å²) in [6.07, 6.45) is 0. The minimum atomic E-state index is -0.361. The molecule has 1 aromatic carbocycles. The highest BCUT2D eigenvalue weighted by Gasteiger charge is 2.17. The third-order valence-corrected chi connectivity index (χ3v) is 4.83. The van der Waals surface area contributed by atoms with Crippen molar-refractivity contribution in [3.8, 4) is 5.75 Å². The van der Waals surface area contributed by atoms with Crippen molar-refractivity contribution in [1.29, 1.82) is 0 Å². The molecule has 0 saturated carbocycles. The molecule has 2 rings (SSSR count). The van der Waals surface area contributed by atoms with Gasteiger partial charge in [-0.1, -0.05) is 11.6 Å². The molecule has 0 spiro atoms. The summed E-state index contributed by atoms with van der Waals surface area (Å²) in [4.78, 5) is 24.1. The predicted molar refractivity (Wildman–Crippen MR) is 101 cm³/mol. The quantitative estimate of drug-likeness (QED) is 0.693. The van der Waals surface area contributed by atoms with E-state index in [1.807, 2.05) is 6.92 Å². The van der Waals surface area contributed by atoms with Crippen molar-refractivity contribution in [1.82, 2.24) is 15.0 Å². The van der Waals surface area contributed by atoms with Gasteiger partial charge in [0.1, 0.15) is 11.6 Å². The summed E-state index contributed by atoms with van der Waals surface area (Å²) in [7, 11) is 1.52. The molecule has 1 aromatic heterocycles. The van der Waals surface area contributed by atoms with E-state index in [9.17, 15) is 4.79 Å². The Morgan fingerprint density at radius 3 is 2.56 bits per heavy atom.